The largest absolute Gasteiger partial charge is 0.463 e. The number of rotatable bonds is 6. The minimum absolute atomic E-state index is 0.0731. The number of nitrogen functional groups attached to an aromatic ring is 1. The van der Waals surface area contributed by atoms with Crippen LogP contribution in [-0.2, 0) is 23.1 Å². The molecular formula is C17H18N8O3S. The Hall–Kier alpha value is -3.38. The molecule has 11 nitrogen and oxygen atoms in total. The highest BCUT2D eigenvalue weighted by Gasteiger charge is 2.18. The number of aromatic nitrogens is 6. The summed E-state index contributed by atoms with van der Waals surface area (Å²) in [7, 11) is -1.79. The second-order valence-electron chi connectivity index (χ2n) is 6.47. The van der Waals surface area contributed by atoms with E-state index in [9.17, 15) is 8.42 Å². The van der Waals surface area contributed by atoms with Gasteiger partial charge in [-0.25, -0.2) is 18.1 Å². The van der Waals surface area contributed by atoms with Gasteiger partial charge in [0.05, 0.1) is 37.0 Å². The summed E-state index contributed by atoms with van der Waals surface area (Å²) >= 11 is 0. The van der Waals surface area contributed by atoms with Crippen LogP contribution in [0.25, 0.3) is 22.6 Å². The third kappa shape index (κ3) is 3.93. The minimum atomic E-state index is -3.30. The molecule has 4 rings (SSSR count). The summed E-state index contributed by atoms with van der Waals surface area (Å²) in [5.41, 5.74) is 8.52. The monoisotopic (exact) mass is 414 g/mol. The quantitative estimate of drug-likeness (QED) is 0.486. The van der Waals surface area contributed by atoms with E-state index >= 15 is 0 Å². The molecule has 4 aromatic rings. The third-order valence-electron chi connectivity index (χ3n) is 4.26. The van der Waals surface area contributed by atoms with Crippen LogP contribution < -0.4 is 5.73 Å². The number of furan rings is 1. The molecule has 0 amide bonds. The van der Waals surface area contributed by atoms with Gasteiger partial charge in [-0.05, 0) is 24.3 Å². The van der Waals surface area contributed by atoms with Crippen LogP contribution in [0.15, 0.2) is 41.0 Å². The number of pyridine rings is 1. The summed E-state index contributed by atoms with van der Waals surface area (Å²) in [4.78, 5) is 13.0. The average Bonchev–Trinajstić information content (AvgIpc) is 3.31. The third-order valence-corrected chi connectivity index (χ3v) is 5.52. The molecule has 0 spiro atoms. The minimum Gasteiger partial charge on any atom is -0.463 e. The number of hydrogen-bond donors (Lipinski definition) is 1. The highest BCUT2D eigenvalue weighted by Crippen LogP contribution is 2.25. The number of fused-ring (bicyclic) bond motifs is 1. The van der Waals surface area contributed by atoms with Crippen LogP contribution in [-0.4, -0.2) is 56.0 Å². The van der Waals surface area contributed by atoms with Gasteiger partial charge in [-0.2, -0.15) is 9.29 Å². The van der Waals surface area contributed by atoms with Crippen molar-refractivity contribution in [3.63, 3.8) is 0 Å². The first-order valence-electron chi connectivity index (χ1n) is 8.58. The van der Waals surface area contributed by atoms with E-state index in [1.165, 1.54) is 17.6 Å². The molecule has 0 aliphatic rings. The van der Waals surface area contributed by atoms with Gasteiger partial charge < -0.3 is 10.2 Å². The molecule has 0 aromatic carbocycles. The average molecular weight is 414 g/mol. The van der Waals surface area contributed by atoms with Crippen LogP contribution in [0.5, 0.6) is 0 Å². The van der Waals surface area contributed by atoms with Crippen LogP contribution in [0.2, 0.25) is 0 Å². The van der Waals surface area contributed by atoms with E-state index < -0.39 is 10.0 Å². The van der Waals surface area contributed by atoms with E-state index in [0.29, 0.717) is 34.0 Å². The SMILES string of the molecule is CN(Cc1cccc(Cn2nnc3c(-c4ccco4)nc(N)nc32)n1)S(C)(=O)=O. The Kier molecular flexibility index (Phi) is 4.72. The molecule has 29 heavy (non-hydrogen) atoms. The lowest BCUT2D eigenvalue weighted by Gasteiger charge is -2.13. The first-order chi connectivity index (χ1) is 13.8. The van der Waals surface area contributed by atoms with Gasteiger partial charge in [-0.3, -0.25) is 4.98 Å². The van der Waals surface area contributed by atoms with E-state index in [1.807, 2.05) is 12.1 Å². The number of nitrogens with two attached hydrogens (primary N) is 1. The molecule has 0 bridgehead atoms. The topological polar surface area (TPSA) is 146 Å². The van der Waals surface area contributed by atoms with Gasteiger partial charge in [0, 0.05) is 7.05 Å². The van der Waals surface area contributed by atoms with Crippen LogP contribution in [0.3, 0.4) is 0 Å². The van der Waals surface area contributed by atoms with Crippen molar-refractivity contribution in [2.75, 3.05) is 19.0 Å². The Balaban J connectivity index is 1.66. The van der Waals surface area contributed by atoms with Gasteiger partial charge in [0.15, 0.2) is 16.9 Å². The summed E-state index contributed by atoms with van der Waals surface area (Å²) in [6, 6.07) is 8.89. The zero-order valence-electron chi connectivity index (χ0n) is 15.7. The van der Waals surface area contributed by atoms with Crippen molar-refractivity contribution in [2.24, 2.45) is 0 Å². The lowest BCUT2D eigenvalue weighted by Crippen LogP contribution is -2.25. The highest BCUT2D eigenvalue weighted by molar-refractivity contribution is 7.88. The maximum absolute atomic E-state index is 11.6. The maximum atomic E-state index is 11.6. The van der Waals surface area contributed by atoms with Gasteiger partial charge >= 0.3 is 0 Å². The standard InChI is InChI=1S/C17H18N8O3S/c1-24(29(2,26)27)9-11-5-3-6-12(19-11)10-25-16-15(22-23-25)14(20-17(18)21-16)13-7-4-8-28-13/h3-8H,9-10H2,1-2H3,(H2,18,20,21). The van der Waals surface area contributed by atoms with E-state index in [1.54, 1.807) is 22.9 Å². The molecule has 12 heteroatoms. The van der Waals surface area contributed by atoms with Crippen LogP contribution in [0, 0.1) is 0 Å². The fraction of sp³-hybridized carbons (Fsp3) is 0.235. The molecule has 4 heterocycles. The first kappa shape index (κ1) is 19.0. The van der Waals surface area contributed by atoms with Crippen molar-refractivity contribution in [2.45, 2.75) is 13.1 Å². The smallest absolute Gasteiger partial charge is 0.222 e. The van der Waals surface area contributed by atoms with E-state index in [-0.39, 0.29) is 19.0 Å². The molecule has 4 aromatic heterocycles. The van der Waals surface area contributed by atoms with E-state index in [0.717, 1.165) is 6.26 Å². The Morgan fingerprint density at radius 1 is 1.14 bits per heavy atom. The second-order valence-corrected chi connectivity index (χ2v) is 8.56. The fourth-order valence-corrected chi connectivity index (χ4v) is 3.14. The van der Waals surface area contributed by atoms with Gasteiger partial charge in [-0.1, -0.05) is 11.3 Å². The van der Waals surface area contributed by atoms with E-state index in [4.69, 9.17) is 10.2 Å². The molecule has 0 saturated heterocycles. The molecule has 0 fully saturated rings. The van der Waals surface area contributed by atoms with Crippen LogP contribution >= 0.6 is 0 Å². The van der Waals surface area contributed by atoms with Crippen molar-refractivity contribution >= 4 is 27.1 Å². The normalized spacial score (nSPS) is 12.1. The van der Waals surface area contributed by atoms with Crippen molar-refractivity contribution in [3.05, 3.63) is 48.0 Å². The molecule has 0 aliphatic carbocycles. The lowest BCUT2D eigenvalue weighted by atomic mass is 10.3. The van der Waals surface area contributed by atoms with Gasteiger partial charge in [0.25, 0.3) is 0 Å². The Morgan fingerprint density at radius 2 is 1.93 bits per heavy atom. The van der Waals surface area contributed by atoms with Gasteiger partial charge in [-0.15, -0.1) is 5.10 Å². The summed E-state index contributed by atoms with van der Waals surface area (Å²) in [6.45, 7) is 0.448. The molecule has 0 radical (unpaired) electrons. The van der Waals surface area contributed by atoms with Crippen LogP contribution in [0.1, 0.15) is 11.4 Å². The summed E-state index contributed by atoms with van der Waals surface area (Å²) in [5, 5.41) is 8.32. The zero-order chi connectivity index (χ0) is 20.6. The number of sulfonamides is 1. The Bertz CT molecular complexity index is 1270. The molecular weight excluding hydrogens is 396 g/mol. The molecule has 0 unspecified atom stereocenters. The summed E-state index contributed by atoms with van der Waals surface area (Å²) < 4.78 is 31.4. The molecule has 0 aliphatic heterocycles. The predicted octanol–water partition coefficient (Wildman–Crippen LogP) is 0.898. The summed E-state index contributed by atoms with van der Waals surface area (Å²) in [5.74, 6) is 0.587. The lowest BCUT2D eigenvalue weighted by molar-refractivity contribution is 0.466. The predicted molar refractivity (Wildman–Crippen MR) is 105 cm³/mol. The first-order valence-corrected chi connectivity index (χ1v) is 10.4. The van der Waals surface area contributed by atoms with Crippen molar-refractivity contribution in [1.29, 1.82) is 0 Å². The molecule has 150 valence electrons. The molecule has 2 N–H and O–H groups in total. The Labute approximate surface area is 166 Å². The Morgan fingerprint density at radius 3 is 2.66 bits per heavy atom. The van der Waals surface area contributed by atoms with E-state index in [2.05, 4.69) is 25.3 Å². The van der Waals surface area contributed by atoms with Crippen LogP contribution in [0.4, 0.5) is 5.95 Å². The van der Waals surface area contributed by atoms with Crippen molar-refractivity contribution in [3.8, 4) is 11.5 Å². The number of anilines is 1. The van der Waals surface area contributed by atoms with Crippen molar-refractivity contribution in [1.82, 2.24) is 34.3 Å². The summed E-state index contributed by atoms with van der Waals surface area (Å²) in [6.07, 6.45) is 2.69. The second kappa shape index (κ2) is 7.22. The van der Waals surface area contributed by atoms with Crippen molar-refractivity contribution < 1.29 is 12.8 Å². The highest BCUT2D eigenvalue weighted by atomic mass is 32.2. The molecule has 0 saturated carbocycles. The van der Waals surface area contributed by atoms with Gasteiger partial charge in [0.1, 0.15) is 5.69 Å². The fourth-order valence-electron chi connectivity index (χ4n) is 2.77. The van der Waals surface area contributed by atoms with Gasteiger partial charge in [0.2, 0.25) is 16.0 Å². The molecule has 0 atom stereocenters. The number of nitrogens with zero attached hydrogens (tertiary/aromatic N) is 7. The number of hydrogen-bond acceptors (Lipinski definition) is 9. The zero-order valence-corrected chi connectivity index (χ0v) is 16.5. The maximum Gasteiger partial charge on any atom is 0.222 e.